The molecule has 2 N–H and O–H groups in total. The molecule has 2 aromatic rings. The number of thiophene rings is 1. The molecule has 0 saturated carbocycles. The van der Waals surface area contributed by atoms with Gasteiger partial charge in [-0.3, -0.25) is 0 Å². The zero-order valence-corrected chi connectivity index (χ0v) is 10.0. The SMILES string of the molecule is Cc1ccccc1Cc1csc(N)c1Cl. The molecule has 0 aliphatic carbocycles. The molecule has 0 amide bonds. The standard InChI is InChI=1S/C12H12ClNS/c1-8-4-2-3-5-9(8)6-10-7-15-12(14)11(10)13/h2-5,7H,6,14H2,1H3. The summed E-state index contributed by atoms with van der Waals surface area (Å²) in [6, 6.07) is 8.33. The molecule has 78 valence electrons. The molecule has 0 fully saturated rings. The van der Waals surface area contributed by atoms with Crippen molar-refractivity contribution in [2.24, 2.45) is 0 Å². The topological polar surface area (TPSA) is 26.0 Å². The van der Waals surface area contributed by atoms with Gasteiger partial charge in [0.15, 0.2) is 0 Å². The molecule has 0 saturated heterocycles. The summed E-state index contributed by atoms with van der Waals surface area (Å²) < 4.78 is 0. The monoisotopic (exact) mass is 237 g/mol. The highest BCUT2D eigenvalue weighted by atomic mass is 35.5. The van der Waals surface area contributed by atoms with Gasteiger partial charge in [-0.25, -0.2) is 0 Å². The molecule has 0 bridgehead atoms. The van der Waals surface area contributed by atoms with Crippen LogP contribution in [0.2, 0.25) is 5.02 Å². The quantitative estimate of drug-likeness (QED) is 0.843. The summed E-state index contributed by atoms with van der Waals surface area (Å²) in [4.78, 5) is 0. The van der Waals surface area contributed by atoms with E-state index in [2.05, 4.69) is 19.1 Å². The second-order valence-corrected chi connectivity index (χ2v) is 4.83. The fourth-order valence-corrected chi connectivity index (χ4v) is 2.55. The van der Waals surface area contributed by atoms with E-state index in [0.29, 0.717) is 10.0 Å². The van der Waals surface area contributed by atoms with Gasteiger partial charge in [0.05, 0.1) is 5.02 Å². The Kier molecular flexibility index (Phi) is 2.98. The summed E-state index contributed by atoms with van der Waals surface area (Å²) in [5, 5.41) is 3.45. The fourth-order valence-electron chi connectivity index (χ4n) is 1.53. The lowest BCUT2D eigenvalue weighted by atomic mass is 10.0. The number of nitrogens with two attached hydrogens (primary N) is 1. The van der Waals surface area contributed by atoms with E-state index in [4.69, 9.17) is 17.3 Å². The Bertz CT molecular complexity index is 476. The molecule has 1 nitrogen and oxygen atoms in total. The van der Waals surface area contributed by atoms with Gasteiger partial charge >= 0.3 is 0 Å². The summed E-state index contributed by atoms with van der Waals surface area (Å²) >= 11 is 7.60. The molecule has 0 unspecified atom stereocenters. The van der Waals surface area contributed by atoms with E-state index < -0.39 is 0 Å². The molecule has 0 radical (unpaired) electrons. The highest BCUT2D eigenvalue weighted by molar-refractivity contribution is 7.14. The molecule has 0 spiro atoms. The maximum Gasteiger partial charge on any atom is 0.105 e. The van der Waals surface area contributed by atoms with E-state index in [1.807, 2.05) is 17.5 Å². The van der Waals surface area contributed by atoms with Gasteiger partial charge in [-0.05, 0) is 29.0 Å². The number of anilines is 1. The van der Waals surface area contributed by atoms with Gasteiger partial charge in [0, 0.05) is 6.42 Å². The van der Waals surface area contributed by atoms with Gasteiger partial charge in [-0.15, -0.1) is 11.3 Å². The van der Waals surface area contributed by atoms with Crippen LogP contribution in [-0.4, -0.2) is 0 Å². The molecule has 0 aliphatic heterocycles. The van der Waals surface area contributed by atoms with Crippen LogP contribution in [0, 0.1) is 6.92 Å². The maximum atomic E-state index is 6.10. The molecular formula is C12H12ClNS. The van der Waals surface area contributed by atoms with E-state index in [0.717, 1.165) is 12.0 Å². The highest BCUT2D eigenvalue weighted by Gasteiger charge is 2.08. The number of rotatable bonds is 2. The van der Waals surface area contributed by atoms with Crippen LogP contribution in [0.25, 0.3) is 0 Å². The molecule has 1 aromatic carbocycles. The number of nitrogen functional groups attached to an aromatic ring is 1. The van der Waals surface area contributed by atoms with Crippen LogP contribution in [0.4, 0.5) is 5.00 Å². The van der Waals surface area contributed by atoms with Crippen molar-refractivity contribution in [1.82, 2.24) is 0 Å². The Hall–Kier alpha value is -0.990. The first-order chi connectivity index (χ1) is 7.18. The highest BCUT2D eigenvalue weighted by Crippen LogP contribution is 2.32. The zero-order chi connectivity index (χ0) is 10.8. The first-order valence-electron chi connectivity index (χ1n) is 4.74. The van der Waals surface area contributed by atoms with E-state index >= 15 is 0 Å². The fraction of sp³-hybridized carbons (Fsp3) is 0.167. The Morgan fingerprint density at radius 1 is 1.27 bits per heavy atom. The zero-order valence-electron chi connectivity index (χ0n) is 8.46. The Labute approximate surface area is 98.5 Å². The average molecular weight is 238 g/mol. The van der Waals surface area contributed by atoms with Gasteiger partial charge < -0.3 is 5.73 Å². The Morgan fingerprint density at radius 3 is 2.60 bits per heavy atom. The molecule has 2 rings (SSSR count). The first kappa shape index (κ1) is 10.5. The third kappa shape index (κ3) is 2.16. The van der Waals surface area contributed by atoms with Crippen LogP contribution < -0.4 is 5.73 Å². The molecular weight excluding hydrogens is 226 g/mol. The third-order valence-electron chi connectivity index (χ3n) is 2.47. The Morgan fingerprint density at radius 2 is 2.00 bits per heavy atom. The van der Waals surface area contributed by atoms with Crippen LogP contribution in [-0.2, 0) is 6.42 Å². The summed E-state index contributed by atoms with van der Waals surface area (Å²) in [5.74, 6) is 0. The number of hydrogen-bond acceptors (Lipinski definition) is 2. The molecule has 0 atom stereocenters. The van der Waals surface area contributed by atoms with E-state index in [-0.39, 0.29) is 0 Å². The Balaban J connectivity index is 2.30. The van der Waals surface area contributed by atoms with Gasteiger partial charge in [0.1, 0.15) is 5.00 Å². The second-order valence-electron chi connectivity index (χ2n) is 3.54. The molecule has 0 aliphatic rings. The second kappa shape index (κ2) is 4.25. The molecule has 1 heterocycles. The minimum absolute atomic E-state index is 0.709. The lowest BCUT2D eigenvalue weighted by Gasteiger charge is -2.04. The van der Waals surface area contributed by atoms with Crippen molar-refractivity contribution < 1.29 is 0 Å². The summed E-state index contributed by atoms with van der Waals surface area (Å²) in [5.41, 5.74) is 9.43. The minimum atomic E-state index is 0.709. The van der Waals surface area contributed by atoms with E-state index in [1.54, 1.807) is 0 Å². The molecule has 1 aromatic heterocycles. The van der Waals surface area contributed by atoms with E-state index in [1.165, 1.54) is 22.5 Å². The summed E-state index contributed by atoms with van der Waals surface area (Å²) in [6.07, 6.45) is 0.860. The lowest BCUT2D eigenvalue weighted by molar-refractivity contribution is 1.17. The van der Waals surface area contributed by atoms with Crippen molar-refractivity contribution in [3.05, 3.63) is 51.4 Å². The number of aryl methyl sites for hydroxylation is 1. The summed E-state index contributed by atoms with van der Waals surface area (Å²) in [7, 11) is 0. The van der Waals surface area contributed by atoms with Gasteiger partial charge in [-0.1, -0.05) is 35.9 Å². The van der Waals surface area contributed by atoms with Crippen molar-refractivity contribution in [3.8, 4) is 0 Å². The van der Waals surface area contributed by atoms with Crippen molar-refractivity contribution >= 4 is 27.9 Å². The van der Waals surface area contributed by atoms with Crippen molar-refractivity contribution in [2.75, 3.05) is 5.73 Å². The smallest absolute Gasteiger partial charge is 0.105 e. The number of benzene rings is 1. The van der Waals surface area contributed by atoms with E-state index in [9.17, 15) is 0 Å². The predicted octanol–water partition coefficient (Wildman–Crippen LogP) is 3.88. The minimum Gasteiger partial charge on any atom is -0.389 e. The number of hydrogen-bond donors (Lipinski definition) is 1. The van der Waals surface area contributed by atoms with Crippen LogP contribution >= 0.6 is 22.9 Å². The largest absolute Gasteiger partial charge is 0.389 e. The average Bonchev–Trinajstić information content (AvgIpc) is 2.53. The van der Waals surface area contributed by atoms with Gasteiger partial charge in [0.25, 0.3) is 0 Å². The molecule has 15 heavy (non-hydrogen) atoms. The lowest BCUT2D eigenvalue weighted by Crippen LogP contribution is -1.90. The molecule has 3 heteroatoms. The van der Waals surface area contributed by atoms with Crippen LogP contribution in [0.3, 0.4) is 0 Å². The maximum absolute atomic E-state index is 6.10. The van der Waals surface area contributed by atoms with Crippen LogP contribution in [0.1, 0.15) is 16.7 Å². The van der Waals surface area contributed by atoms with Gasteiger partial charge in [-0.2, -0.15) is 0 Å². The van der Waals surface area contributed by atoms with Crippen molar-refractivity contribution in [1.29, 1.82) is 0 Å². The van der Waals surface area contributed by atoms with Gasteiger partial charge in [0.2, 0.25) is 0 Å². The number of halogens is 1. The first-order valence-corrected chi connectivity index (χ1v) is 6.00. The van der Waals surface area contributed by atoms with Crippen LogP contribution in [0.15, 0.2) is 29.6 Å². The van der Waals surface area contributed by atoms with Crippen LogP contribution in [0.5, 0.6) is 0 Å². The normalized spacial score (nSPS) is 10.5. The van der Waals surface area contributed by atoms with Crippen molar-refractivity contribution in [3.63, 3.8) is 0 Å². The third-order valence-corrected chi connectivity index (χ3v) is 3.89. The predicted molar refractivity (Wildman–Crippen MR) is 67.7 cm³/mol. The van der Waals surface area contributed by atoms with Crippen molar-refractivity contribution in [2.45, 2.75) is 13.3 Å². The summed E-state index contributed by atoms with van der Waals surface area (Å²) in [6.45, 7) is 2.11.